The molecule has 1 aliphatic carbocycles. The number of ether oxygens (including phenoxy) is 2. The quantitative estimate of drug-likeness (QED) is 0.521. The van der Waals surface area contributed by atoms with Gasteiger partial charge in [-0.1, -0.05) is 16.7 Å². The second-order valence-corrected chi connectivity index (χ2v) is 8.30. The Morgan fingerprint density at radius 1 is 1.10 bits per heavy atom. The Bertz CT molecular complexity index is 654. The highest BCUT2D eigenvalue weighted by Gasteiger charge is 2.36. The van der Waals surface area contributed by atoms with Gasteiger partial charge in [-0.05, 0) is 76.7 Å². The van der Waals surface area contributed by atoms with Crippen molar-refractivity contribution in [1.29, 1.82) is 0 Å². The van der Waals surface area contributed by atoms with E-state index in [0.29, 0.717) is 13.0 Å². The molecule has 1 N–H and O–H groups in total. The lowest BCUT2D eigenvalue weighted by molar-refractivity contribution is -0.153. The maximum Gasteiger partial charge on any atom is 0.177 e. The molecule has 4 nitrogen and oxygen atoms in total. The summed E-state index contributed by atoms with van der Waals surface area (Å²) in [4.78, 5) is 11.8. The Kier molecular flexibility index (Phi) is 11.1. The minimum atomic E-state index is -0.463. The van der Waals surface area contributed by atoms with Crippen molar-refractivity contribution < 1.29 is 19.4 Å². The minimum absolute atomic E-state index is 0.0582. The SMILES string of the molecule is C=C(C)CCCC(=C)C.C=C(C)CCOC1C=C(CO)C2CC(=O)C(C)=CC2O1. The van der Waals surface area contributed by atoms with Crippen LogP contribution in [0.3, 0.4) is 0 Å². The van der Waals surface area contributed by atoms with Crippen LogP contribution in [0.4, 0.5) is 0 Å². The molecule has 0 radical (unpaired) electrons. The summed E-state index contributed by atoms with van der Waals surface area (Å²) in [5, 5.41) is 9.49. The third-order valence-corrected chi connectivity index (χ3v) is 4.97. The van der Waals surface area contributed by atoms with Crippen LogP contribution in [0.15, 0.2) is 59.8 Å². The molecule has 0 bridgehead atoms. The number of fused-ring (bicyclic) bond motifs is 1. The maximum atomic E-state index is 11.8. The highest BCUT2D eigenvalue weighted by molar-refractivity contribution is 5.96. The van der Waals surface area contributed by atoms with Crippen LogP contribution >= 0.6 is 0 Å². The van der Waals surface area contributed by atoms with Crippen LogP contribution in [0.2, 0.25) is 0 Å². The van der Waals surface area contributed by atoms with Gasteiger partial charge in [-0.2, -0.15) is 0 Å². The van der Waals surface area contributed by atoms with E-state index < -0.39 is 6.29 Å². The number of carbonyl (C=O) groups excluding carboxylic acids is 1. The van der Waals surface area contributed by atoms with E-state index in [-0.39, 0.29) is 24.4 Å². The first-order chi connectivity index (χ1) is 13.6. The maximum absolute atomic E-state index is 11.8. The van der Waals surface area contributed by atoms with E-state index in [9.17, 15) is 9.90 Å². The van der Waals surface area contributed by atoms with Crippen LogP contribution in [0.25, 0.3) is 0 Å². The van der Waals surface area contributed by atoms with Gasteiger partial charge in [0.2, 0.25) is 0 Å². The highest BCUT2D eigenvalue weighted by Crippen LogP contribution is 2.34. The zero-order chi connectivity index (χ0) is 22.0. The van der Waals surface area contributed by atoms with Gasteiger partial charge in [0, 0.05) is 12.3 Å². The molecule has 29 heavy (non-hydrogen) atoms. The Morgan fingerprint density at radius 2 is 1.69 bits per heavy atom. The van der Waals surface area contributed by atoms with Gasteiger partial charge in [0.1, 0.15) is 0 Å². The number of allylic oxidation sites excluding steroid dienone is 3. The largest absolute Gasteiger partial charge is 0.392 e. The first-order valence-electron chi connectivity index (χ1n) is 10.4. The lowest BCUT2D eigenvalue weighted by Gasteiger charge is -2.36. The molecule has 0 aromatic rings. The third kappa shape index (κ3) is 9.53. The van der Waals surface area contributed by atoms with Crippen LogP contribution in [-0.2, 0) is 14.3 Å². The van der Waals surface area contributed by atoms with E-state index in [0.717, 1.165) is 36.0 Å². The molecule has 2 aliphatic rings. The van der Waals surface area contributed by atoms with Crippen LogP contribution in [0.1, 0.15) is 59.8 Å². The molecular weight excluding hydrogens is 364 g/mol. The Hall–Kier alpha value is -1.75. The Morgan fingerprint density at radius 3 is 2.21 bits per heavy atom. The summed E-state index contributed by atoms with van der Waals surface area (Å²) >= 11 is 0. The molecule has 2 rings (SSSR count). The van der Waals surface area contributed by atoms with E-state index in [1.807, 2.05) is 13.0 Å². The average Bonchev–Trinajstić information content (AvgIpc) is 2.62. The van der Waals surface area contributed by atoms with Gasteiger partial charge in [0.05, 0.1) is 19.3 Å². The molecule has 0 spiro atoms. The summed E-state index contributed by atoms with van der Waals surface area (Å²) < 4.78 is 11.5. The van der Waals surface area contributed by atoms with Gasteiger partial charge in [0.25, 0.3) is 0 Å². The van der Waals surface area contributed by atoms with Crippen molar-refractivity contribution in [3.05, 3.63) is 59.8 Å². The second kappa shape index (κ2) is 12.7. The third-order valence-electron chi connectivity index (χ3n) is 4.97. The van der Waals surface area contributed by atoms with Gasteiger partial charge in [0.15, 0.2) is 12.1 Å². The molecule has 162 valence electrons. The molecule has 0 aromatic heterocycles. The Balaban J connectivity index is 0.000000396. The van der Waals surface area contributed by atoms with Gasteiger partial charge >= 0.3 is 0 Å². The van der Waals surface area contributed by atoms with Crippen molar-refractivity contribution in [2.24, 2.45) is 5.92 Å². The van der Waals surface area contributed by atoms with Crippen LogP contribution in [0, 0.1) is 5.92 Å². The Labute approximate surface area is 176 Å². The number of carbonyl (C=O) groups is 1. The number of rotatable bonds is 9. The van der Waals surface area contributed by atoms with Crippen molar-refractivity contribution in [3.63, 3.8) is 0 Å². The highest BCUT2D eigenvalue weighted by atomic mass is 16.7. The molecule has 4 heteroatoms. The summed E-state index contributed by atoms with van der Waals surface area (Å²) in [5.74, 6) is 0.0630. The number of hydrogen-bond acceptors (Lipinski definition) is 4. The van der Waals surface area contributed by atoms with Crippen molar-refractivity contribution in [2.75, 3.05) is 13.2 Å². The van der Waals surface area contributed by atoms with Gasteiger partial charge in [-0.15, -0.1) is 19.7 Å². The molecule has 3 atom stereocenters. The molecule has 0 saturated heterocycles. The smallest absolute Gasteiger partial charge is 0.177 e. The molecule has 0 amide bonds. The normalized spacial score (nSPS) is 23.2. The summed E-state index contributed by atoms with van der Waals surface area (Å²) in [5.41, 5.74) is 5.17. The average molecular weight is 403 g/mol. The predicted octanol–water partition coefficient (Wildman–Crippen LogP) is 5.46. The monoisotopic (exact) mass is 402 g/mol. The summed E-state index contributed by atoms with van der Waals surface area (Å²) in [6.07, 6.45) is 7.67. The topological polar surface area (TPSA) is 55.8 Å². The van der Waals surface area contributed by atoms with E-state index in [1.165, 1.54) is 17.6 Å². The second-order valence-electron chi connectivity index (χ2n) is 8.30. The van der Waals surface area contributed by atoms with Crippen LogP contribution in [-0.4, -0.2) is 36.5 Å². The van der Waals surface area contributed by atoms with Gasteiger partial charge in [-0.3, -0.25) is 4.79 Å². The predicted molar refractivity (Wildman–Crippen MR) is 120 cm³/mol. The summed E-state index contributed by atoms with van der Waals surface area (Å²) in [7, 11) is 0. The van der Waals surface area contributed by atoms with E-state index in [1.54, 1.807) is 13.0 Å². The fourth-order valence-corrected chi connectivity index (χ4v) is 3.20. The van der Waals surface area contributed by atoms with Crippen molar-refractivity contribution >= 4 is 5.78 Å². The first-order valence-corrected chi connectivity index (χ1v) is 10.4. The van der Waals surface area contributed by atoms with Crippen LogP contribution < -0.4 is 0 Å². The lowest BCUT2D eigenvalue weighted by Crippen LogP contribution is -2.39. The number of hydrogen-bond donors (Lipinski definition) is 1. The number of Topliss-reactive ketones (excluding diaryl/α,β-unsaturated/α-hetero) is 1. The molecular formula is C25H38O4. The number of ketones is 1. The van der Waals surface area contributed by atoms with Crippen molar-refractivity contribution in [2.45, 2.75) is 72.2 Å². The summed E-state index contributed by atoms with van der Waals surface area (Å²) in [6, 6.07) is 0. The lowest BCUT2D eigenvalue weighted by atomic mass is 9.80. The fourth-order valence-electron chi connectivity index (χ4n) is 3.20. The van der Waals surface area contributed by atoms with Gasteiger partial charge in [-0.25, -0.2) is 0 Å². The standard InChI is InChI=1S/C16H22O4.C9H16/c1-10(2)4-5-19-16-7-12(9-17)13-8-14(18)11(3)6-15(13)20-16;1-8(2)6-5-7-9(3)4/h6-7,13,15-17H,1,4-5,8-9H2,2-3H3;1,3,5-7H2,2,4H3. The minimum Gasteiger partial charge on any atom is -0.392 e. The molecule has 0 saturated carbocycles. The van der Waals surface area contributed by atoms with Gasteiger partial charge < -0.3 is 14.6 Å². The van der Waals surface area contributed by atoms with Crippen molar-refractivity contribution in [1.82, 2.24) is 0 Å². The van der Waals surface area contributed by atoms with Crippen LogP contribution in [0.5, 0.6) is 0 Å². The molecule has 3 unspecified atom stereocenters. The summed E-state index contributed by atoms with van der Waals surface area (Å²) in [6.45, 7) is 19.8. The first kappa shape index (κ1) is 25.3. The van der Waals surface area contributed by atoms with Crippen molar-refractivity contribution in [3.8, 4) is 0 Å². The van der Waals surface area contributed by atoms with E-state index in [4.69, 9.17) is 9.47 Å². The number of aliphatic hydroxyl groups excluding tert-OH is 1. The van der Waals surface area contributed by atoms with E-state index >= 15 is 0 Å². The van der Waals surface area contributed by atoms with E-state index in [2.05, 4.69) is 33.6 Å². The molecule has 1 aliphatic heterocycles. The zero-order valence-electron chi connectivity index (χ0n) is 18.6. The fraction of sp³-hybridized carbons (Fsp3) is 0.560. The molecule has 0 aromatic carbocycles. The zero-order valence-corrected chi connectivity index (χ0v) is 18.6. The molecule has 0 fully saturated rings. The number of aliphatic hydroxyl groups is 1. The molecule has 1 heterocycles.